The van der Waals surface area contributed by atoms with Gasteiger partial charge in [-0.3, -0.25) is 0 Å². The Bertz CT molecular complexity index is 2230. The monoisotopic (exact) mass is 898 g/mol. The summed E-state index contributed by atoms with van der Waals surface area (Å²) in [4.78, 5) is 8.46. The van der Waals surface area contributed by atoms with Crippen molar-refractivity contribution in [2.24, 2.45) is 0 Å². The second-order valence-electron chi connectivity index (χ2n) is 13.0. The first-order valence-electron chi connectivity index (χ1n) is 17.6. The average Bonchev–Trinajstić information content (AvgIpc) is 3.72. The van der Waals surface area contributed by atoms with Crippen molar-refractivity contribution in [1.29, 1.82) is 10.5 Å². The number of rotatable bonds is 8. The minimum Gasteiger partial charge on any atom is -0.335 e. The summed E-state index contributed by atoms with van der Waals surface area (Å²) >= 11 is 0. The standard InChI is InChI=1S/2C22H17N3.Ag.F6P/c2*23-14-19-10-4-5-11-20(19)16-25-17-24(15-18-8-2-1-3-9-18)21-12-6-7-13-22(21)25;;1-7(2,3,4,5)6/h2*1-13H,15-16H2;;/q;;+1;-1. The zero-order chi connectivity index (χ0) is 40.5. The molecular formula is C44H34AgF6N6P. The summed E-state index contributed by atoms with van der Waals surface area (Å²) < 4.78 is 59.2. The van der Waals surface area contributed by atoms with Gasteiger partial charge in [-0.15, -0.1) is 0 Å². The Morgan fingerprint density at radius 1 is 0.397 bits per heavy atom. The van der Waals surface area contributed by atoms with Crippen LogP contribution >= 0.6 is 7.81 Å². The molecule has 0 unspecified atom stereocenters. The molecule has 0 atom stereocenters. The molecule has 0 bridgehead atoms. The normalized spacial score (nSPS) is 13.8. The van der Waals surface area contributed by atoms with E-state index in [1.54, 1.807) is 0 Å². The van der Waals surface area contributed by atoms with Crippen LogP contribution in [0.25, 0.3) is 0 Å². The fourth-order valence-electron chi connectivity index (χ4n) is 6.24. The molecule has 6 aromatic rings. The maximum atomic E-state index is 9.87. The molecular weight excluding hydrogens is 865 g/mol. The van der Waals surface area contributed by atoms with Crippen molar-refractivity contribution in [1.82, 2.24) is 0 Å². The predicted octanol–water partition coefficient (Wildman–Crippen LogP) is 12.5. The summed E-state index contributed by atoms with van der Waals surface area (Å²) in [6.07, 6.45) is 0. The maximum Gasteiger partial charge on any atom is 1.00 e. The minimum atomic E-state index is -10.7. The molecule has 0 saturated heterocycles. The van der Waals surface area contributed by atoms with E-state index < -0.39 is 7.81 Å². The largest absolute Gasteiger partial charge is 1.00 e. The average molecular weight is 900 g/mol. The van der Waals surface area contributed by atoms with Gasteiger partial charge >= 0.3 is 55.4 Å². The molecule has 0 amide bonds. The van der Waals surface area contributed by atoms with Crippen LogP contribution in [0, 0.1) is 36.0 Å². The number of para-hydroxylation sites is 4. The van der Waals surface area contributed by atoms with E-state index >= 15 is 0 Å². The Morgan fingerprint density at radius 2 is 0.655 bits per heavy atom. The summed E-state index contributed by atoms with van der Waals surface area (Å²) in [5, 5.41) is 18.7. The van der Waals surface area contributed by atoms with Crippen LogP contribution in [0.15, 0.2) is 158 Å². The van der Waals surface area contributed by atoms with Crippen LogP contribution in [0.5, 0.6) is 0 Å². The summed E-state index contributed by atoms with van der Waals surface area (Å²) in [6, 6.07) is 57.4. The van der Waals surface area contributed by atoms with Crippen LogP contribution in [0.4, 0.5) is 47.9 Å². The summed E-state index contributed by atoms with van der Waals surface area (Å²) in [6.45, 7) is 9.73. The molecule has 0 N–H and O–H groups in total. The first kappa shape index (κ1) is 43.4. The van der Waals surface area contributed by atoms with E-state index in [2.05, 4.69) is 118 Å². The molecule has 298 valence electrons. The van der Waals surface area contributed by atoms with Crippen LogP contribution in [-0.2, 0) is 48.6 Å². The number of anilines is 4. The number of hydrogen-bond acceptors (Lipinski definition) is 6. The van der Waals surface area contributed by atoms with Crippen LogP contribution in [0.3, 0.4) is 0 Å². The molecule has 0 aliphatic carbocycles. The van der Waals surface area contributed by atoms with Gasteiger partial charge in [0.05, 0.1) is 46.0 Å². The van der Waals surface area contributed by atoms with Crippen LogP contribution < -0.4 is 19.6 Å². The number of halogens is 6. The zero-order valence-electron chi connectivity index (χ0n) is 30.5. The third-order valence-corrected chi connectivity index (χ3v) is 8.71. The van der Waals surface area contributed by atoms with Gasteiger partial charge in [-0.1, -0.05) is 121 Å². The van der Waals surface area contributed by atoms with Crippen molar-refractivity contribution in [3.05, 3.63) is 204 Å². The molecule has 6 nitrogen and oxygen atoms in total. The molecule has 0 aromatic heterocycles. The zero-order valence-corrected chi connectivity index (χ0v) is 32.9. The molecule has 0 spiro atoms. The van der Waals surface area contributed by atoms with E-state index in [4.69, 9.17) is 0 Å². The van der Waals surface area contributed by atoms with Crippen molar-refractivity contribution in [2.45, 2.75) is 26.2 Å². The number of nitrogens with zero attached hydrogens (tertiary/aromatic N) is 6. The molecule has 8 rings (SSSR count). The van der Waals surface area contributed by atoms with Crippen LogP contribution in [0.2, 0.25) is 0 Å². The predicted molar refractivity (Wildman–Crippen MR) is 213 cm³/mol. The maximum absolute atomic E-state index is 10.7. The van der Waals surface area contributed by atoms with Crippen molar-refractivity contribution in [3.63, 3.8) is 0 Å². The van der Waals surface area contributed by atoms with Crippen molar-refractivity contribution < 1.29 is 47.6 Å². The van der Waals surface area contributed by atoms with Gasteiger partial charge < -0.3 is 19.6 Å². The molecule has 58 heavy (non-hydrogen) atoms. The fourth-order valence-corrected chi connectivity index (χ4v) is 6.24. The van der Waals surface area contributed by atoms with Gasteiger partial charge in [0.2, 0.25) is 13.3 Å². The second-order valence-corrected chi connectivity index (χ2v) is 14.9. The van der Waals surface area contributed by atoms with Gasteiger partial charge in [-0.25, -0.2) is 0 Å². The van der Waals surface area contributed by atoms with Gasteiger partial charge in [0, 0.05) is 26.2 Å². The van der Waals surface area contributed by atoms with Crippen LogP contribution in [-0.4, -0.2) is 0 Å². The summed E-state index contributed by atoms with van der Waals surface area (Å²) in [5.41, 5.74) is 10.4. The van der Waals surface area contributed by atoms with Crippen molar-refractivity contribution in [3.8, 4) is 12.1 Å². The van der Waals surface area contributed by atoms with Gasteiger partial charge in [-0.05, 0) is 58.7 Å². The molecule has 2 heterocycles. The van der Waals surface area contributed by atoms with E-state index in [9.17, 15) is 35.7 Å². The fraction of sp³-hybridized carbons (Fsp3) is 0.0909. The van der Waals surface area contributed by atoms with Gasteiger partial charge in [0.1, 0.15) is 0 Å². The molecule has 4 radical (unpaired) electrons. The van der Waals surface area contributed by atoms with E-state index in [-0.39, 0.29) is 22.4 Å². The number of fused-ring (bicyclic) bond motifs is 2. The van der Waals surface area contributed by atoms with Gasteiger partial charge in [-0.2, -0.15) is 10.5 Å². The summed E-state index contributed by atoms with van der Waals surface area (Å²) in [5.74, 6) is 0. The van der Waals surface area contributed by atoms with Crippen molar-refractivity contribution in [2.75, 3.05) is 19.6 Å². The van der Waals surface area contributed by atoms with Gasteiger partial charge in [0.25, 0.3) is 0 Å². The van der Waals surface area contributed by atoms with Crippen LogP contribution in [0.1, 0.15) is 33.4 Å². The Kier molecular flexibility index (Phi) is 13.3. The topological polar surface area (TPSA) is 60.5 Å². The van der Waals surface area contributed by atoms with Gasteiger partial charge in [0.15, 0.2) is 0 Å². The quantitative estimate of drug-likeness (QED) is 0.0862. The smallest absolute Gasteiger partial charge is 0.335 e. The van der Waals surface area contributed by atoms with E-state index in [1.165, 1.54) is 11.1 Å². The minimum absolute atomic E-state index is 0. The number of nitriles is 2. The Balaban J connectivity index is 0.000000188. The third kappa shape index (κ3) is 12.6. The molecule has 6 aromatic carbocycles. The molecule has 2 aliphatic rings. The molecule has 14 heteroatoms. The Hall–Kier alpha value is -5.75. The third-order valence-electron chi connectivity index (χ3n) is 8.71. The van der Waals surface area contributed by atoms with E-state index in [0.29, 0.717) is 24.2 Å². The number of benzene rings is 6. The Labute approximate surface area is 349 Å². The molecule has 2 aliphatic heterocycles. The SMILES string of the molecule is F[P-](F)(F)(F)(F)F.N#Cc1ccccc1CN1[C]N(Cc2ccccc2)c2ccccc21.N#Cc1ccccc1CN1[C]N(Cc2ccccc2)c2ccccc21.[Ag+]. The molecule has 0 saturated carbocycles. The first-order chi connectivity index (χ1) is 27.1. The number of hydrogen-bond donors (Lipinski definition) is 0. The van der Waals surface area contributed by atoms with E-state index in [1.807, 2.05) is 84.9 Å². The van der Waals surface area contributed by atoms with E-state index in [0.717, 1.165) is 47.0 Å². The Morgan fingerprint density at radius 3 is 0.966 bits per heavy atom. The first-order valence-corrected chi connectivity index (χ1v) is 19.6. The summed E-state index contributed by atoms with van der Waals surface area (Å²) in [7, 11) is -10.7. The van der Waals surface area contributed by atoms with Crippen molar-refractivity contribution >= 4 is 30.6 Å². The molecule has 0 fully saturated rings. The second kappa shape index (κ2) is 17.8.